The molecule has 1 saturated heterocycles. The first kappa shape index (κ1) is 22.9. The van der Waals surface area contributed by atoms with Crippen molar-refractivity contribution in [1.82, 2.24) is 10.6 Å². The molecule has 0 radical (unpaired) electrons. The predicted octanol–water partition coefficient (Wildman–Crippen LogP) is 1.25. The van der Waals surface area contributed by atoms with E-state index in [1.165, 1.54) is 6.20 Å². The van der Waals surface area contributed by atoms with E-state index in [2.05, 4.69) is 24.5 Å². The van der Waals surface area contributed by atoms with Crippen LogP contribution in [0.15, 0.2) is 12.0 Å². The Bertz CT molecular complexity index is 455. The van der Waals surface area contributed by atoms with Crippen molar-refractivity contribution in [3.63, 3.8) is 0 Å². The zero-order valence-electron chi connectivity index (χ0n) is 16.4. The van der Waals surface area contributed by atoms with E-state index in [4.69, 9.17) is 9.84 Å². The second-order valence-electron chi connectivity index (χ2n) is 7.38. The summed E-state index contributed by atoms with van der Waals surface area (Å²) in [5.74, 6) is 0.305. The summed E-state index contributed by atoms with van der Waals surface area (Å²) in [7, 11) is 0. The summed E-state index contributed by atoms with van der Waals surface area (Å²) in [5.41, 5.74) is 0. The van der Waals surface area contributed by atoms with Crippen LogP contribution in [0.25, 0.3) is 0 Å². The molecule has 5 N–H and O–H groups in total. The highest BCUT2D eigenvalue weighted by Gasteiger charge is 2.47. The SMILES string of the molecule is CCC(C)N[C@@H](CCCCN/C=C(/O)C1OC1C(O)CO)C(=O)C(C)C. The van der Waals surface area contributed by atoms with Crippen molar-refractivity contribution < 1.29 is 24.9 Å². The second kappa shape index (κ2) is 11.5. The van der Waals surface area contributed by atoms with E-state index in [-0.39, 0.29) is 30.1 Å². The van der Waals surface area contributed by atoms with Gasteiger partial charge in [-0.05, 0) is 32.6 Å². The molecule has 0 aromatic heterocycles. The van der Waals surface area contributed by atoms with Crippen LogP contribution in [0.4, 0.5) is 0 Å². The molecule has 7 heteroatoms. The van der Waals surface area contributed by atoms with Crippen LogP contribution >= 0.6 is 0 Å². The molecule has 7 nitrogen and oxygen atoms in total. The number of carbonyl (C=O) groups is 1. The third-order valence-electron chi connectivity index (χ3n) is 4.71. The third-order valence-corrected chi connectivity index (χ3v) is 4.71. The van der Waals surface area contributed by atoms with Crippen molar-refractivity contribution >= 4 is 5.78 Å². The molecule has 152 valence electrons. The Morgan fingerprint density at radius 1 is 1.27 bits per heavy atom. The van der Waals surface area contributed by atoms with Crippen molar-refractivity contribution in [1.29, 1.82) is 0 Å². The fourth-order valence-electron chi connectivity index (χ4n) is 2.76. The zero-order chi connectivity index (χ0) is 19.7. The molecule has 5 atom stereocenters. The standard InChI is InChI=1S/C19H36N2O5/c1-5-13(4)21-14(17(25)12(2)3)8-6-7-9-20-10-15(23)18-19(26-18)16(24)11-22/h10,12-14,16,18-24H,5-9,11H2,1-4H3/b15-10+/t13?,14-,16?,18?,19?/m0/s1. The Morgan fingerprint density at radius 2 is 1.96 bits per heavy atom. The van der Waals surface area contributed by atoms with Crippen LogP contribution in [-0.4, -0.2) is 64.7 Å². The van der Waals surface area contributed by atoms with E-state index in [0.29, 0.717) is 12.6 Å². The minimum Gasteiger partial charge on any atom is -0.508 e. The maximum atomic E-state index is 12.3. The molecule has 0 amide bonds. The number of unbranched alkanes of at least 4 members (excludes halogenated alkanes) is 1. The summed E-state index contributed by atoms with van der Waals surface area (Å²) < 4.78 is 5.12. The number of rotatable bonds is 14. The van der Waals surface area contributed by atoms with Crippen LogP contribution < -0.4 is 10.6 Å². The van der Waals surface area contributed by atoms with E-state index >= 15 is 0 Å². The molecule has 1 heterocycles. The number of aliphatic hydroxyl groups excluding tert-OH is 3. The van der Waals surface area contributed by atoms with E-state index in [0.717, 1.165) is 25.7 Å². The number of aliphatic hydroxyl groups is 3. The quantitative estimate of drug-likeness (QED) is 0.177. The number of epoxide rings is 1. The lowest BCUT2D eigenvalue weighted by atomic mass is 9.96. The number of hydrogen-bond donors (Lipinski definition) is 5. The average molecular weight is 373 g/mol. The predicted molar refractivity (Wildman–Crippen MR) is 101 cm³/mol. The average Bonchev–Trinajstić information content (AvgIpc) is 3.42. The van der Waals surface area contributed by atoms with Gasteiger partial charge in [-0.2, -0.15) is 0 Å². The summed E-state index contributed by atoms with van der Waals surface area (Å²) in [6, 6.07) is 0.218. The number of nitrogens with one attached hydrogen (secondary N) is 2. The first-order valence-electron chi connectivity index (χ1n) is 9.68. The van der Waals surface area contributed by atoms with Crippen molar-refractivity contribution in [3.8, 4) is 0 Å². The molecule has 1 aliphatic rings. The second-order valence-corrected chi connectivity index (χ2v) is 7.38. The highest BCUT2D eigenvalue weighted by molar-refractivity contribution is 5.85. The summed E-state index contributed by atoms with van der Waals surface area (Å²) in [4.78, 5) is 12.3. The summed E-state index contributed by atoms with van der Waals surface area (Å²) in [6.07, 6.45) is 3.00. The number of Topliss-reactive ketones (excluding diaryl/α,β-unsaturated/α-hetero) is 1. The lowest BCUT2D eigenvalue weighted by molar-refractivity contribution is -0.124. The zero-order valence-corrected chi connectivity index (χ0v) is 16.4. The van der Waals surface area contributed by atoms with Gasteiger partial charge in [0.1, 0.15) is 24.1 Å². The van der Waals surface area contributed by atoms with Crippen LogP contribution in [0, 0.1) is 5.92 Å². The number of carbonyl (C=O) groups excluding carboxylic acids is 1. The monoisotopic (exact) mass is 372 g/mol. The minimum absolute atomic E-state index is 0.0220. The van der Waals surface area contributed by atoms with Crippen LogP contribution in [-0.2, 0) is 9.53 Å². The molecule has 0 saturated carbocycles. The largest absolute Gasteiger partial charge is 0.508 e. The molecule has 1 rings (SSSR count). The van der Waals surface area contributed by atoms with Gasteiger partial charge in [0.15, 0.2) is 5.78 Å². The Balaban J connectivity index is 2.27. The van der Waals surface area contributed by atoms with Gasteiger partial charge in [0.05, 0.1) is 12.6 Å². The minimum atomic E-state index is -0.969. The molecule has 1 fully saturated rings. The molecule has 0 spiro atoms. The van der Waals surface area contributed by atoms with Gasteiger partial charge in [-0.3, -0.25) is 4.79 Å². The van der Waals surface area contributed by atoms with Crippen molar-refractivity contribution in [2.45, 2.75) is 83.8 Å². The first-order chi connectivity index (χ1) is 12.3. The number of ether oxygens (including phenoxy) is 1. The lowest BCUT2D eigenvalue weighted by Gasteiger charge is -2.23. The fraction of sp³-hybridized carbons (Fsp3) is 0.842. The molecule has 0 aromatic carbocycles. The number of hydrogen-bond acceptors (Lipinski definition) is 7. The lowest BCUT2D eigenvalue weighted by Crippen LogP contribution is -2.43. The Kier molecular flexibility index (Phi) is 10.2. The Morgan fingerprint density at radius 3 is 2.54 bits per heavy atom. The highest BCUT2D eigenvalue weighted by atomic mass is 16.6. The third kappa shape index (κ3) is 7.61. The first-order valence-corrected chi connectivity index (χ1v) is 9.68. The van der Waals surface area contributed by atoms with E-state index < -0.39 is 18.3 Å². The Hall–Kier alpha value is -1.15. The van der Waals surface area contributed by atoms with Crippen LogP contribution in [0.1, 0.15) is 53.4 Å². The topological polar surface area (TPSA) is 114 Å². The van der Waals surface area contributed by atoms with Crippen molar-refractivity contribution in [2.75, 3.05) is 13.2 Å². The van der Waals surface area contributed by atoms with Gasteiger partial charge in [-0.1, -0.05) is 20.8 Å². The molecule has 1 aliphatic heterocycles. The van der Waals surface area contributed by atoms with Gasteiger partial charge in [0.25, 0.3) is 0 Å². The normalized spacial score (nSPS) is 23.6. The number of ketones is 1. The van der Waals surface area contributed by atoms with Crippen molar-refractivity contribution in [3.05, 3.63) is 12.0 Å². The van der Waals surface area contributed by atoms with Crippen LogP contribution in [0.5, 0.6) is 0 Å². The fourth-order valence-corrected chi connectivity index (χ4v) is 2.76. The summed E-state index contributed by atoms with van der Waals surface area (Å²) in [6.45, 7) is 8.35. The summed E-state index contributed by atoms with van der Waals surface area (Å²) in [5, 5.41) is 34.5. The van der Waals surface area contributed by atoms with E-state index in [1.807, 2.05) is 13.8 Å². The van der Waals surface area contributed by atoms with E-state index in [1.54, 1.807) is 0 Å². The van der Waals surface area contributed by atoms with Gasteiger partial charge < -0.3 is 30.7 Å². The van der Waals surface area contributed by atoms with Gasteiger partial charge in [-0.25, -0.2) is 0 Å². The molecule has 0 bridgehead atoms. The van der Waals surface area contributed by atoms with Gasteiger partial charge in [0, 0.05) is 24.7 Å². The molecular weight excluding hydrogens is 336 g/mol. The smallest absolute Gasteiger partial charge is 0.152 e. The van der Waals surface area contributed by atoms with E-state index in [9.17, 15) is 15.0 Å². The van der Waals surface area contributed by atoms with Gasteiger partial charge in [-0.15, -0.1) is 0 Å². The maximum absolute atomic E-state index is 12.3. The van der Waals surface area contributed by atoms with Gasteiger partial charge >= 0.3 is 0 Å². The molecule has 4 unspecified atom stereocenters. The molecule has 0 aromatic rings. The van der Waals surface area contributed by atoms with Gasteiger partial charge in [0.2, 0.25) is 0 Å². The highest BCUT2D eigenvalue weighted by Crippen LogP contribution is 2.30. The molecule has 0 aliphatic carbocycles. The van der Waals surface area contributed by atoms with Crippen LogP contribution in [0.2, 0.25) is 0 Å². The molecule has 26 heavy (non-hydrogen) atoms. The van der Waals surface area contributed by atoms with Crippen molar-refractivity contribution in [2.24, 2.45) is 5.92 Å². The van der Waals surface area contributed by atoms with Crippen LogP contribution in [0.3, 0.4) is 0 Å². The maximum Gasteiger partial charge on any atom is 0.152 e. The Labute approximate surface area is 156 Å². The summed E-state index contributed by atoms with van der Waals surface area (Å²) >= 11 is 0. The molecular formula is C19H36N2O5.